The van der Waals surface area contributed by atoms with Gasteiger partial charge in [-0.15, -0.1) is 0 Å². The van der Waals surface area contributed by atoms with Crippen LogP contribution in [0.4, 0.5) is 19.0 Å². The van der Waals surface area contributed by atoms with Gasteiger partial charge in [0.1, 0.15) is 11.2 Å². The van der Waals surface area contributed by atoms with Crippen molar-refractivity contribution in [3.05, 3.63) is 71.6 Å². The number of nitrogens with one attached hydrogen (secondary N) is 1. The lowest BCUT2D eigenvalue weighted by atomic mass is 10.1. The molecule has 172 valence electrons. The fraction of sp³-hybridized carbons (Fsp3) is 0.190. The maximum Gasteiger partial charge on any atom is 0.429 e. The summed E-state index contributed by atoms with van der Waals surface area (Å²) >= 11 is 0. The number of benzene rings is 2. The van der Waals surface area contributed by atoms with Gasteiger partial charge in [0.2, 0.25) is 11.9 Å². The Morgan fingerprint density at radius 2 is 1.79 bits per heavy atom. The molecule has 1 N–H and O–H groups in total. The molecule has 2 aromatic carbocycles. The summed E-state index contributed by atoms with van der Waals surface area (Å²) in [6.07, 6.45) is -5.42. The Bertz CT molecular complexity index is 1390. The number of alkyl halides is 3. The second-order valence-corrected chi connectivity index (χ2v) is 8.85. The Balaban J connectivity index is 1.87. The quantitative estimate of drug-likeness (QED) is 0.427. The van der Waals surface area contributed by atoms with E-state index in [9.17, 15) is 21.6 Å². The number of hydrogen-bond donors (Lipinski definition) is 1. The molecule has 0 aliphatic heterocycles. The molecule has 0 fully saturated rings. The van der Waals surface area contributed by atoms with Crippen molar-refractivity contribution < 1.29 is 30.8 Å². The van der Waals surface area contributed by atoms with Crippen LogP contribution in [0.3, 0.4) is 0 Å². The number of halogens is 3. The van der Waals surface area contributed by atoms with E-state index in [1.807, 2.05) is 6.92 Å². The summed E-state index contributed by atoms with van der Waals surface area (Å²) in [4.78, 5) is 8.09. The van der Waals surface area contributed by atoms with Crippen molar-refractivity contribution in [3.63, 3.8) is 0 Å². The number of fused-ring (bicyclic) bond motifs is 1. The van der Waals surface area contributed by atoms with E-state index in [2.05, 4.69) is 24.4 Å². The zero-order chi connectivity index (χ0) is 23.8. The van der Waals surface area contributed by atoms with Crippen molar-refractivity contribution in [1.29, 1.82) is 0 Å². The van der Waals surface area contributed by atoms with Gasteiger partial charge in [0.15, 0.2) is 0 Å². The normalized spacial score (nSPS) is 13.1. The molecule has 4 aromatic rings. The van der Waals surface area contributed by atoms with Gasteiger partial charge >= 0.3 is 6.18 Å². The lowest BCUT2D eigenvalue weighted by Gasteiger charge is -2.23. The average molecular weight is 478 g/mol. The first kappa shape index (κ1) is 22.5. The lowest BCUT2D eigenvalue weighted by molar-refractivity contribution is -0.198. The molecule has 0 amide bonds. The third-order valence-electron chi connectivity index (χ3n) is 4.91. The van der Waals surface area contributed by atoms with E-state index in [1.165, 1.54) is 24.3 Å². The molecular weight excluding hydrogens is 461 g/mol. The minimum absolute atomic E-state index is 0.180. The fourth-order valence-electron chi connectivity index (χ4n) is 3.07. The van der Waals surface area contributed by atoms with Gasteiger partial charge in [-0.3, -0.25) is 4.72 Å². The van der Waals surface area contributed by atoms with E-state index >= 15 is 0 Å². The van der Waals surface area contributed by atoms with Crippen LogP contribution in [0.1, 0.15) is 22.8 Å². The first-order chi connectivity index (χ1) is 15.6. The van der Waals surface area contributed by atoms with Crippen LogP contribution in [0.5, 0.6) is 5.88 Å². The molecule has 0 saturated carbocycles. The summed E-state index contributed by atoms with van der Waals surface area (Å²) in [7, 11) is -4.29. The Morgan fingerprint density at radius 1 is 1.06 bits per heavy atom. The minimum atomic E-state index is -4.82. The van der Waals surface area contributed by atoms with Crippen LogP contribution >= 0.6 is 0 Å². The highest BCUT2D eigenvalue weighted by Gasteiger charge is 2.44. The Hall–Kier alpha value is -3.67. The molecule has 0 bridgehead atoms. The van der Waals surface area contributed by atoms with E-state index in [4.69, 9.17) is 4.74 Å². The van der Waals surface area contributed by atoms with Gasteiger partial charge < -0.3 is 9.26 Å². The first-order valence-corrected chi connectivity index (χ1v) is 11.0. The van der Waals surface area contributed by atoms with Crippen molar-refractivity contribution in [2.45, 2.75) is 31.0 Å². The summed E-state index contributed by atoms with van der Waals surface area (Å²) in [6.45, 7) is 3.54. The van der Waals surface area contributed by atoms with Gasteiger partial charge in [-0.05, 0) is 31.0 Å². The molecule has 0 aliphatic carbocycles. The molecule has 8 nitrogen and oxygen atoms in total. The van der Waals surface area contributed by atoms with E-state index in [-0.39, 0.29) is 21.5 Å². The minimum Gasteiger partial charge on any atom is -0.457 e. The predicted molar refractivity (Wildman–Crippen MR) is 112 cm³/mol. The highest BCUT2D eigenvalue weighted by Crippen LogP contribution is 2.39. The summed E-state index contributed by atoms with van der Waals surface area (Å²) in [5.41, 5.74) is 1.88. The van der Waals surface area contributed by atoms with Crippen LogP contribution in [0.25, 0.3) is 11.0 Å². The summed E-state index contributed by atoms with van der Waals surface area (Å²) in [6, 6.07) is 10.3. The highest BCUT2D eigenvalue weighted by atomic mass is 32.2. The van der Waals surface area contributed by atoms with Gasteiger partial charge in [0.25, 0.3) is 15.9 Å². The number of ether oxygens (including phenoxy) is 1. The third-order valence-corrected chi connectivity index (χ3v) is 6.19. The zero-order valence-corrected chi connectivity index (χ0v) is 18.1. The molecule has 12 heteroatoms. The molecule has 33 heavy (non-hydrogen) atoms. The largest absolute Gasteiger partial charge is 0.457 e. The molecule has 4 rings (SSSR count). The topological polar surface area (TPSA) is 107 Å². The van der Waals surface area contributed by atoms with E-state index < -0.39 is 34.0 Å². The molecular formula is C21H17F3N4O4S. The first-order valence-electron chi connectivity index (χ1n) is 9.55. The molecule has 1 unspecified atom stereocenters. The number of aryl methyl sites for hydroxylation is 2. The second-order valence-electron chi connectivity index (χ2n) is 7.17. The second kappa shape index (κ2) is 8.35. The molecule has 0 saturated heterocycles. The zero-order valence-electron chi connectivity index (χ0n) is 17.3. The standard InChI is InChI=1S/C21H17F3N4O4S/c1-12-8-9-16-17(13(12)2)27-20(19(26-16)28-33(29,30)15-10-25-31-11-15)32-18(21(22,23)24)14-6-4-3-5-7-14/h3-11,18H,1-2H3,(H,26,28). The molecule has 0 spiro atoms. The van der Waals surface area contributed by atoms with E-state index in [0.717, 1.165) is 18.0 Å². The maximum absolute atomic E-state index is 13.9. The van der Waals surface area contributed by atoms with Crippen LogP contribution in [-0.4, -0.2) is 29.7 Å². The van der Waals surface area contributed by atoms with Gasteiger partial charge in [-0.2, -0.15) is 13.2 Å². The molecule has 0 radical (unpaired) electrons. The summed E-state index contributed by atoms with van der Waals surface area (Å²) < 4.78 is 79.0. The van der Waals surface area contributed by atoms with Crippen molar-refractivity contribution in [2.24, 2.45) is 0 Å². The molecule has 2 aromatic heterocycles. The van der Waals surface area contributed by atoms with Crippen molar-refractivity contribution >= 4 is 26.9 Å². The Kier molecular flexibility index (Phi) is 5.70. The lowest BCUT2D eigenvalue weighted by Crippen LogP contribution is -2.27. The van der Waals surface area contributed by atoms with Crippen LogP contribution in [0.15, 0.2) is 64.3 Å². The fourth-order valence-corrected chi connectivity index (χ4v) is 3.92. The smallest absolute Gasteiger partial charge is 0.429 e. The van der Waals surface area contributed by atoms with Crippen LogP contribution in [-0.2, 0) is 10.0 Å². The predicted octanol–water partition coefficient (Wildman–Crippen LogP) is 4.72. The van der Waals surface area contributed by atoms with Crippen LogP contribution in [0, 0.1) is 13.8 Å². The monoisotopic (exact) mass is 478 g/mol. The summed E-state index contributed by atoms with van der Waals surface area (Å²) in [5.74, 6) is -1.13. The van der Waals surface area contributed by atoms with Crippen LogP contribution in [0.2, 0.25) is 0 Å². The summed E-state index contributed by atoms with van der Waals surface area (Å²) in [5, 5.41) is 3.33. The molecule has 0 aliphatic rings. The maximum atomic E-state index is 13.9. The number of hydrogen-bond acceptors (Lipinski definition) is 7. The van der Waals surface area contributed by atoms with Crippen molar-refractivity contribution in [3.8, 4) is 5.88 Å². The number of anilines is 1. The number of aromatic nitrogens is 3. The van der Waals surface area contributed by atoms with Crippen LogP contribution < -0.4 is 9.46 Å². The Labute approximate surface area is 186 Å². The highest BCUT2D eigenvalue weighted by molar-refractivity contribution is 7.92. The van der Waals surface area contributed by atoms with Gasteiger partial charge in [0.05, 0.1) is 17.2 Å². The van der Waals surface area contributed by atoms with Crippen molar-refractivity contribution in [1.82, 2.24) is 15.1 Å². The van der Waals surface area contributed by atoms with E-state index in [0.29, 0.717) is 5.56 Å². The van der Waals surface area contributed by atoms with E-state index in [1.54, 1.807) is 25.1 Å². The van der Waals surface area contributed by atoms with Crippen molar-refractivity contribution in [2.75, 3.05) is 4.72 Å². The van der Waals surface area contributed by atoms with Gasteiger partial charge in [-0.1, -0.05) is 41.6 Å². The number of rotatable bonds is 6. The van der Waals surface area contributed by atoms with Gasteiger partial charge in [-0.25, -0.2) is 18.4 Å². The number of sulfonamides is 1. The molecule has 1 atom stereocenters. The molecule has 2 heterocycles. The third kappa shape index (κ3) is 4.60. The SMILES string of the molecule is Cc1ccc2nc(NS(=O)(=O)c3cnoc3)c(OC(c3ccccc3)C(F)(F)F)nc2c1C. The van der Waals surface area contributed by atoms with Gasteiger partial charge in [0, 0.05) is 5.56 Å². The Morgan fingerprint density at radius 3 is 2.42 bits per heavy atom. The average Bonchev–Trinajstić information content (AvgIpc) is 3.31. The number of nitrogens with zero attached hydrogens (tertiary/aromatic N) is 3.